The van der Waals surface area contributed by atoms with Crippen LogP contribution < -0.4 is 0 Å². The summed E-state index contributed by atoms with van der Waals surface area (Å²) in [6, 6.07) is 0. The van der Waals surface area contributed by atoms with Crippen molar-refractivity contribution in [2.75, 3.05) is 5.75 Å². The van der Waals surface area contributed by atoms with Crippen LogP contribution in [0.2, 0.25) is 0 Å². The van der Waals surface area contributed by atoms with E-state index in [1.54, 1.807) is 23.2 Å². The molecule has 0 saturated carbocycles. The van der Waals surface area contributed by atoms with Gasteiger partial charge < -0.3 is 4.74 Å². The molecule has 4 rings (SSSR count). The second-order valence-corrected chi connectivity index (χ2v) is 10.5. The quantitative estimate of drug-likeness (QED) is 0.614. The Bertz CT molecular complexity index is 1030. The summed E-state index contributed by atoms with van der Waals surface area (Å²) in [5, 5.41) is 1.46. The third-order valence-electron chi connectivity index (χ3n) is 5.67. The third-order valence-corrected chi connectivity index (χ3v) is 7.89. The number of hydrogen-bond donors (Lipinski definition) is 0. The number of allylic oxidation sites excluding steroid dienone is 5. The first-order chi connectivity index (χ1) is 14.8. The second kappa shape index (κ2) is 9.27. The lowest BCUT2D eigenvalue weighted by molar-refractivity contribution is -0.125. The first-order valence-corrected chi connectivity index (χ1v) is 12.5. The average molecular weight is 457 g/mol. The zero-order chi connectivity index (χ0) is 22.1. The van der Waals surface area contributed by atoms with E-state index in [-0.39, 0.29) is 23.5 Å². The van der Waals surface area contributed by atoms with Crippen LogP contribution in [0.3, 0.4) is 0 Å². The second-order valence-electron chi connectivity index (χ2n) is 8.52. The van der Waals surface area contributed by atoms with Crippen molar-refractivity contribution in [1.29, 1.82) is 0 Å². The van der Waals surface area contributed by atoms with Crippen LogP contribution in [-0.2, 0) is 33.8 Å². The van der Waals surface area contributed by atoms with E-state index in [9.17, 15) is 9.59 Å². The fourth-order valence-electron chi connectivity index (χ4n) is 3.91. The van der Waals surface area contributed by atoms with Crippen molar-refractivity contribution in [3.63, 3.8) is 0 Å². The van der Waals surface area contributed by atoms with Gasteiger partial charge in [-0.2, -0.15) is 0 Å². The summed E-state index contributed by atoms with van der Waals surface area (Å²) in [5.74, 6) is 0.766. The van der Waals surface area contributed by atoms with Crippen LogP contribution in [0.5, 0.6) is 0 Å². The normalized spacial score (nSPS) is 21.1. The molecule has 2 aliphatic heterocycles. The molecule has 1 aromatic heterocycles. The maximum atomic E-state index is 13.6. The van der Waals surface area contributed by atoms with E-state index in [4.69, 9.17) is 9.73 Å². The third kappa shape index (κ3) is 4.78. The fourth-order valence-corrected chi connectivity index (χ4v) is 5.93. The molecule has 1 aromatic rings. The monoisotopic (exact) mass is 456 g/mol. The maximum Gasteiger partial charge on any atom is 0.237 e. The first kappa shape index (κ1) is 22.2. The first-order valence-electron chi connectivity index (χ1n) is 10.7. The fraction of sp³-hybridized carbons (Fsp3) is 0.458. The van der Waals surface area contributed by atoms with Gasteiger partial charge >= 0.3 is 0 Å². The Balaban J connectivity index is 1.74. The zero-order valence-electron chi connectivity index (χ0n) is 18.4. The Morgan fingerprint density at radius 1 is 1.32 bits per heavy atom. The number of thioether (sulfide) groups is 1. The summed E-state index contributed by atoms with van der Waals surface area (Å²) < 4.78 is 6.04. The summed E-state index contributed by atoms with van der Waals surface area (Å²) in [4.78, 5) is 33.1. The molecule has 7 heteroatoms. The van der Waals surface area contributed by atoms with E-state index in [0.29, 0.717) is 24.1 Å². The molecule has 0 radical (unpaired) electrons. The zero-order valence-corrected chi connectivity index (χ0v) is 20.1. The van der Waals surface area contributed by atoms with Crippen LogP contribution in [0.1, 0.15) is 50.1 Å². The van der Waals surface area contributed by atoms with Gasteiger partial charge in [-0.3, -0.25) is 14.5 Å². The van der Waals surface area contributed by atoms with Crippen LogP contribution in [0.15, 0.2) is 40.6 Å². The highest BCUT2D eigenvalue weighted by molar-refractivity contribution is 8.14. The minimum atomic E-state index is -0.00260. The van der Waals surface area contributed by atoms with E-state index in [1.807, 2.05) is 25.2 Å². The molecular weight excluding hydrogens is 428 g/mol. The van der Waals surface area contributed by atoms with E-state index < -0.39 is 0 Å². The number of rotatable bonds is 4. The van der Waals surface area contributed by atoms with Gasteiger partial charge in [-0.25, -0.2) is 4.99 Å². The van der Waals surface area contributed by atoms with Crippen molar-refractivity contribution in [3.8, 4) is 0 Å². The van der Waals surface area contributed by atoms with E-state index in [1.165, 1.54) is 22.2 Å². The molecule has 0 saturated heterocycles. The van der Waals surface area contributed by atoms with Crippen molar-refractivity contribution in [1.82, 2.24) is 4.90 Å². The molecule has 0 N–H and O–H groups in total. The molecule has 0 spiro atoms. The van der Waals surface area contributed by atoms with Crippen molar-refractivity contribution in [2.45, 2.75) is 59.7 Å². The Morgan fingerprint density at radius 3 is 2.87 bits per heavy atom. The maximum absolute atomic E-state index is 13.6. The molecule has 0 bridgehead atoms. The minimum Gasteiger partial charge on any atom is -0.372 e. The number of fused-ring (bicyclic) bond motifs is 3. The molecule has 1 atom stereocenters. The number of carbonyl (C=O) groups is 2. The molecule has 0 aromatic carbocycles. The van der Waals surface area contributed by atoms with Gasteiger partial charge in [0.1, 0.15) is 10.8 Å². The molecule has 164 valence electrons. The number of hydrogen-bond acceptors (Lipinski definition) is 6. The van der Waals surface area contributed by atoms with Crippen LogP contribution >= 0.6 is 23.1 Å². The summed E-state index contributed by atoms with van der Waals surface area (Å²) >= 11 is 2.96. The molecule has 0 fully saturated rings. The van der Waals surface area contributed by atoms with Crippen molar-refractivity contribution >= 4 is 45.0 Å². The van der Waals surface area contributed by atoms with Gasteiger partial charge in [0.25, 0.3) is 0 Å². The predicted molar refractivity (Wildman–Crippen MR) is 128 cm³/mol. The predicted octanol–water partition coefficient (Wildman–Crippen LogP) is 5.33. The van der Waals surface area contributed by atoms with Crippen molar-refractivity contribution in [2.24, 2.45) is 10.9 Å². The summed E-state index contributed by atoms with van der Waals surface area (Å²) in [5.41, 5.74) is 4.26. The van der Waals surface area contributed by atoms with Crippen LogP contribution in [0.25, 0.3) is 0 Å². The lowest BCUT2D eigenvalue weighted by Crippen LogP contribution is -2.35. The Hall–Kier alpha value is -1.96. The number of amidine groups is 1. The van der Waals surface area contributed by atoms with Gasteiger partial charge in [-0.05, 0) is 37.8 Å². The van der Waals surface area contributed by atoms with Crippen LogP contribution in [0.4, 0.5) is 5.00 Å². The van der Waals surface area contributed by atoms with E-state index >= 15 is 0 Å². The number of Topliss-reactive ketones (excluding diaryl/α,β-unsaturated/α-hetero) is 1. The highest BCUT2D eigenvalue weighted by atomic mass is 32.2. The number of aliphatic imine (C=N–C) groups is 1. The summed E-state index contributed by atoms with van der Waals surface area (Å²) in [7, 11) is 0. The lowest BCUT2D eigenvalue weighted by Gasteiger charge is -2.27. The average Bonchev–Trinajstić information content (AvgIpc) is 2.83. The van der Waals surface area contributed by atoms with E-state index in [2.05, 4.69) is 19.9 Å². The largest absolute Gasteiger partial charge is 0.372 e. The molecular formula is C24H28N2O3S2. The number of amides is 1. The number of ether oxygens (including phenoxy) is 1. The molecule has 5 nitrogen and oxygen atoms in total. The van der Waals surface area contributed by atoms with Crippen molar-refractivity contribution < 1.29 is 14.3 Å². The Labute approximate surface area is 191 Å². The number of carbonyl (C=O) groups excluding carboxylic acids is 2. The smallest absolute Gasteiger partial charge is 0.237 e. The number of ketones is 1. The SMILES string of the molecule is CC(=O)CSC1=Nc2sc3c(c2CC(=O)N1C1=CCC=C(C)C=C1)CC(C(C)C)OC3. The van der Waals surface area contributed by atoms with Crippen molar-refractivity contribution in [3.05, 3.63) is 51.6 Å². The van der Waals surface area contributed by atoms with Gasteiger partial charge in [-0.15, -0.1) is 11.3 Å². The van der Waals surface area contributed by atoms with Gasteiger partial charge in [0.05, 0.1) is 24.9 Å². The standard InChI is InChI=1S/C24H28N2O3S2/c1-14(2)20-10-18-19-11-22(28)26(17-7-5-6-15(3)8-9-17)24(30-13-16(4)27)25-23(19)31-21(18)12-29-20/h6-9,14,20H,5,10-13H2,1-4H3. The highest BCUT2D eigenvalue weighted by Gasteiger charge is 2.34. The summed E-state index contributed by atoms with van der Waals surface area (Å²) in [6.45, 7) is 8.53. The molecule has 1 aliphatic carbocycles. The molecule has 1 unspecified atom stereocenters. The van der Waals surface area contributed by atoms with Gasteiger partial charge in [0, 0.05) is 22.6 Å². The molecule has 3 aliphatic rings. The molecule has 3 heterocycles. The molecule has 31 heavy (non-hydrogen) atoms. The van der Waals surface area contributed by atoms with Gasteiger partial charge in [0.15, 0.2) is 5.17 Å². The minimum absolute atomic E-state index is 0.00260. The Kier molecular flexibility index (Phi) is 6.65. The van der Waals surface area contributed by atoms with Gasteiger partial charge in [-0.1, -0.05) is 49.4 Å². The molecule has 1 amide bonds. The van der Waals surface area contributed by atoms with Crippen LogP contribution in [-0.4, -0.2) is 33.6 Å². The Morgan fingerprint density at radius 2 is 2.13 bits per heavy atom. The highest BCUT2D eigenvalue weighted by Crippen LogP contribution is 2.43. The summed E-state index contributed by atoms with van der Waals surface area (Å²) in [6.07, 6.45) is 10.2. The topological polar surface area (TPSA) is 59.0 Å². The number of nitrogens with zero attached hydrogens (tertiary/aromatic N) is 2. The van der Waals surface area contributed by atoms with Crippen LogP contribution in [0, 0.1) is 5.92 Å². The lowest BCUT2D eigenvalue weighted by atomic mass is 9.93. The van der Waals surface area contributed by atoms with E-state index in [0.717, 1.165) is 34.7 Å². The van der Waals surface area contributed by atoms with Gasteiger partial charge in [0.2, 0.25) is 5.91 Å². The number of thiophene rings is 1.